The highest BCUT2D eigenvalue weighted by molar-refractivity contribution is 5.32. The molecule has 0 aromatic heterocycles. The lowest BCUT2D eigenvalue weighted by Crippen LogP contribution is -2.04. The summed E-state index contributed by atoms with van der Waals surface area (Å²) < 4.78 is 0. The van der Waals surface area contributed by atoms with Crippen molar-refractivity contribution in [2.75, 3.05) is 6.61 Å². The fourth-order valence-corrected chi connectivity index (χ4v) is 1.22. The van der Waals surface area contributed by atoms with Crippen LogP contribution >= 0.6 is 0 Å². The minimum atomic E-state index is -0.417. The van der Waals surface area contributed by atoms with Crippen molar-refractivity contribution in [1.82, 2.24) is 0 Å². The Morgan fingerprint density at radius 1 is 1.29 bits per heavy atom. The first-order chi connectivity index (χ1) is 8.04. The number of hydrogen-bond donors (Lipinski definition) is 1. The Morgan fingerprint density at radius 3 is 2.12 bits per heavy atom. The molecule has 0 aliphatic heterocycles. The number of aliphatic hydroxyl groups excluding tert-OH is 1. The highest BCUT2D eigenvalue weighted by atomic mass is 16.6. The summed E-state index contributed by atoms with van der Waals surface area (Å²) in [7, 11) is 0. The number of hydrogen-bond acceptors (Lipinski definition) is 3. The first kappa shape index (κ1) is 15.6. The molecule has 0 unspecified atom stereocenters. The Bertz CT molecular complexity index is 322. The van der Waals surface area contributed by atoms with Crippen LogP contribution in [-0.4, -0.2) is 16.6 Å². The zero-order chi connectivity index (χ0) is 13.3. The van der Waals surface area contributed by atoms with Gasteiger partial charge < -0.3 is 5.11 Å². The second kappa shape index (κ2) is 8.70. The van der Waals surface area contributed by atoms with E-state index in [4.69, 9.17) is 5.11 Å². The second-order valence-corrected chi connectivity index (χ2v) is 4.12. The van der Waals surface area contributed by atoms with Gasteiger partial charge in [0.15, 0.2) is 0 Å². The molecule has 1 aromatic carbocycles. The zero-order valence-corrected chi connectivity index (χ0v) is 10.7. The molecule has 4 nitrogen and oxygen atoms in total. The molecule has 1 rings (SSSR count). The van der Waals surface area contributed by atoms with Crippen molar-refractivity contribution in [2.24, 2.45) is 5.92 Å². The van der Waals surface area contributed by atoms with Gasteiger partial charge in [0.25, 0.3) is 5.69 Å². The van der Waals surface area contributed by atoms with Gasteiger partial charge in [-0.05, 0) is 17.9 Å². The van der Waals surface area contributed by atoms with E-state index in [1.54, 1.807) is 12.1 Å². The van der Waals surface area contributed by atoms with Crippen molar-refractivity contribution in [3.63, 3.8) is 0 Å². The van der Waals surface area contributed by atoms with Gasteiger partial charge in [-0.3, -0.25) is 10.1 Å². The summed E-state index contributed by atoms with van der Waals surface area (Å²) in [5.41, 5.74) is 1.11. The molecule has 17 heavy (non-hydrogen) atoms. The van der Waals surface area contributed by atoms with Crippen LogP contribution in [0.4, 0.5) is 5.69 Å². The zero-order valence-electron chi connectivity index (χ0n) is 10.7. The molecular weight excluding hydrogens is 218 g/mol. The Kier molecular flexibility index (Phi) is 7.97. The van der Waals surface area contributed by atoms with Gasteiger partial charge in [0.05, 0.1) is 4.92 Å². The second-order valence-electron chi connectivity index (χ2n) is 4.12. The number of rotatable bonds is 4. The van der Waals surface area contributed by atoms with E-state index < -0.39 is 4.92 Å². The SMILES string of the molecule is CCC.C[C@H](CO)Cc1ccc([N+](=O)[O-])cc1. The van der Waals surface area contributed by atoms with E-state index in [-0.39, 0.29) is 18.2 Å². The number of aliphatic hydroxyl groups is 1. The normalized spacial score (nSPS) is 11.3. The molecule has 0 amide bonds. The van der Waals surface area contributed by atoms with Crippen LogP contribution in [0.3, 0.4) is 0 Å². The summed E-state index contributed by atoms with van der Waals surface area (Å²) >= 11 is 0. The largest absolute Gasteiger partial charge is 0.396 e. The van der Waals surface area contributed by atoms with Crippen molar-refractivity contribution < 1.29 is 10.0 Å². The lowest BCUT2D eigenvalue weighted by Gasteiger charge is -2.06. The number of benzene rings is 1. The third-order valence-corrected chi connectivity index (χ3v) is 2.04. The summed E-state index contributed by atoms with van der Waals surface area (Å²) in [5, 5.41) is 19.2. The maximum Gasteiger partial charge on any atom is 0.269 e. The quantitative estimate of drug-likeness (QED) is 0.648. The minimum absolute atomic E-state index is 0.102. The van der Waals surface area contributed by atoms with Crippen LogP contribution in [0.15, 0.2) is 24.3 Å². The van der Waals surface area contributed by atoms with Gasteiger partial charge in [-0.2, -0.15) is 0 Å². The van der Waals surface area contributed by atoms with Crippen molar-refractivity contribution in [3.8, 4) is 0 Å². The van der Waals surface area contributed by atoms with E-state index >= 15 is 0 Å². The standard InChI is InChI=1S/C10H13NO3.C3H8/c1-8(7-12)6-9-2-4-10(5-3-9)11(13)14;1-3-2/h2-5,8,12H,6-7H2,1H3;3H2,1-2H3/t8-;/m0./s1. The lowest BCUT2D eigenvalue weighted by atomic mass is 10.0. The van der Waals surface area contributed by atoms with Crippen LogP contribution in [0.2, 0.25) is 0 Å². The molecule has 96 valence electrons. The van der Waals surface area contributed by atoms with Gasteiger partial charge in [0, 0.05) is 18.7 Å². The molecule has 0 heterocycles. The molecule has 1 aromatic rings. The number of nitro groups is 1. The lowest BCUT2D eigenvalue weighted by molar-refractivity contribution is -0.384. The average molecular weight is 239 g/mol. The molecule has 0 spiro atoms. The van der Waals surface area contributed by atoms with E-state index in [9.17, 15) is 10.1 Å². The molecule has 0 bridgehead atoms. The van der Waals surface area contributed by atoms with Gasteiger partial charge in [0.2, 0.25) is 0 Å². The number of nitro benzene ring substituents is 1. The van der Waals surface area contributed by atoms with Crippen LogP contribution in [0, 0.1) is 16.0 Å². The molecule has 1 atom stereocenters. The summed E-state index contributed by atoms with van der Waals surface area (Å²) in [6, 6.07) is 6.42. The van der Waals surface area contributed by atoms with E-state index in [1.165, 1.54) is 18.6 Å². The highest BCUT2D eigenvalue weighted by Crippen LogP contribution is 2.14. The van der Waals surface area contributed by atoms with Crippen molar-refractivity contribution in [1.29, 1.82) is 0 Å². The van der Waals surface area contributed by atoms with E-state index in [0.29, 0.717) is 0 Å². The molecule has 0 saturated carbocycles. The van der Waals surface area contributed by atoms with Crippen LogP contribution < -0.4 is 0 Å². The summed E-state index contributed by atoms with van der Waals surface area (Å²) in [5.74, 6) is 0.191. The highest BCUT2D eigenvalue weighted by Gasteiger charge is 2.06. The first-order valence-electron chi connectivity index (χ1n) is 5.89. The van der Waals surface area contributed by atoms with Gasteiger partial charge in [-0.25, -0.2) is 0 Å². The predicted molar refractivity (Wildman–Crippen MR) is 69.0 cm³/mol. The topological polar surface area (TPSA) is 63.4 Å². The van der Waals surface area contributed by atoms with Gasteiger partial charge in [-0.15, -0.1) is 0 Å². The Labute approximate surface area is 102 Å². The van der Waals surface area contributed by atoms with Crippen molar-refractivity contribution in [2.45, 2.75) is 33.6 Å². The molecule has 0 saturated heterocycles. The molecule has 0 aliphatic rings. The Hall–Kier alpha value is -1.42. The molecule has 0 aliphatic carbocycles. The fourth-order valence-electron chi connectivity index (χ4n) is 1.22. The Balaban J connectivity index is 0.000000770. The van der Waals surface area contributed by atoms with Gasteiger partial charge >= 0.3 is 0 Å². The smallest absolute Gasteiger partial charge is 0.269 e. The maximum atomic E-state index is 10.4. The third kappa shape index (κ3) is 6.68. The summed E-state index contributed by atoms with van der Waals surface area (Å²) in [6.45, 7) is 6.32. The fraction of sp³-hybridized carbons (Fsp3) is 0.538. The molecule has 4 heteroatoms. The Morgan fingerprint density at radius 2 is 1.76 bits per heavy atom. The van der Waals surface area contributed by atoms with Gasteiger partial charge in [-0.1, -0.05) is 39.3 Å². The maximum absolute atomic E-state index is 10.4. The summed E-state index contributed by atoms with van der Waals surface area (Å²) in [4.78, 5) is 9.94. The van der Waals surface area contributed by atoms with Crippen molar-refractivity contribution >= 4 is 5.69 Å². The average Bonchev–Trinajstić information content (AvgIpc) is 2.30. The van der Waals surface area contributed by atoms with E-state index in [1.807, 2.05) is 6.92 Å². The minimum Gasteiger partial charge on any atom is -0.396 e. The van der Waals surface area contributed by atoms with Crippen molar-refractivity contribution in [3.05, 3.63) is 39.9 Å². The van der Waals surface area contributed by atoms with E-state index in [2.05, 4.69) is 13.8 Å². The van der Waals surface area contributed by atoms with Crippen LogP contribution in [0.1, 0.15) is 32.8 Å². The van der Waals surface area contributed by atoms with E-state index in [0.717, 1.165) is 12.0 Å². The molecule has 0 radical (unpaired) electrons. The predicted octanol–water partition coefficient (Wildman–Crippen LogP) is 3.18. The number of nitrogens with zero attached hydrogens (tertiary/aromatic N) is 1. The first-order valence-corrected chi connectivity index (χ1v) is 5.89. The van der Waals surface area contributed by atoms with Gasteiger partial charge in [0.1, 0.15) is 0 Å². The van der Waals surface area contributed by atoms with Crippen LogP contribution in [-0.2, 0) is 6.42 Å². The van der Waals surface area contributed by atoms with Crippen LogP contribution in [0.5, 0.6) is 0 Å². The third-order valence-electron chi connectivity index (χ3n) is 2.04. The summed E-state index contributed by atoms with van der Waals surface area (Å²) in [6.07, 6.45) is 1.99. The number of non-ortho nitro benzene ring substituents is 1. The molecule has 1 N–H and O–H groups in total. The molecular formula is C13H21NO3. The molecule has 0 fully saturated rings. The monoisotopic (exact) mass is 239 g/mol. The van der Waals surface area contributed by atoms with Crippen LogP contribution in [0.25, 0.3) is 0 Å².